The number of carbonyl (C=O) groups excluding carboxylic acids is 2. The van der Waals surface area contributed by atoms with Crippen molar-refractivity contribution in [1.29, 1.82) is 0 Å². The zero-order valence-electron chi connectivity index (χ0n) is 19.6. The Morgan fingerprint density at radius 3 is 2.69 bits per heavy atom. The van der Waals surface area contributed by atoms with Gasteiger partial charge in [0.25, 0.3) is 0 Å². The van der Waals surface area contributed by atoms with Crippen LogP contribution in [0.3, 0.4) is 0 Å². The Morgan fingerprint density at radius 2 is 1.88 bits per heavy atom. The van der Waals surface area contributed by atoms with Crippen LogP contribution < -0.4 is 0 Å². The van der Waals surface area contributed by atoms with Crippen LogP contribution >= 0.6 is 15.9 Å². The maximum absolute atomic E-state index is 13.0. The second-order valence-electron chi connectivity index (χ2n) is 8.37. The van der Waals surface area contributed by atoms with Gasteiger partial charge in [0.05, 0.1) is 6.54 Å². The summed E-state index contributed by atoms with van der Waals surface area (Å²) in [6, 6.07) is -0.190. The number of nitrogens with zero attached hydrogens (tertiary/aromatic N) is 3. The van der Waals surface area contributed by atoms with E-state index < -0.39 is 0 Å². The molecule has 0 aromatic carbocycles. The van der Waals surface area contributed by atoms with Crippen LogP contribution in [0.5, 0.6) is 0 Å². The van der Waals surface area contributed by atoms with Crippen molar-refractivity contribution < 1.29 is 9.59 Å². The molecule has 0 spiro atoms. The molecule has 1 saturated heterocycles. The van der Waals surface area contributed by atoms with E-state index >= 15 is 0 Å². The van der Waals surface area contributed by atoms with E-state index in [1.165, 1.54) is 4.90 Å². The zero-order chi connectivity index (χ0) is 23.2. The van der Waals surface area contributed by atoms with E-state index in [4.69, 9.17) is 0 Å². The number of rotatable bonds is 9. The van der Waals surface area contributed by atoms with Crippen LogP contribution in [0.25, 0.3) is 0 Å². The Hall–Kier alpha value is -1.92. The number of hydrogen-bond acceptors (Lipinski definition) is 3. The third-order valence-electron chi connectivity index (χ3n) is 5.68. The van der Waals surface area contributed by atoms with E-state index in [0.29, 0.717) is 26.1 Å². The summed E-state index contributed by atoms with van der Waals surface area (Å²) in [6.07, 6.45) is 23.1. The number of unbranched alkanes of at least 4 members (excludes halogenated alkanes) is 2. The van der Waals surface area contributed by atoms with Crippen molar-refractivity contribution in [2.24, 2.45) is 0 Å². The summed E-state index contributed by atoms with van der Waals surface area (Å²) in [4.78, 5) is 31.5. The molecular weight excluding hydrogens is 466 g/mol. The first-order valence-corrected chi connectivity index (χ1v) is 12.6. The third-order valence-corrected chi connectivity index (χ3v) is 6.21. The molecule has 6 heteroatoms. The second-order valence-corrected chi connectivity index (χ2v) is 9.29. The van der Waals surface area contributed by atoms with Crippen molar-refractivity contribution in [2.45, 2.75) is 51.9 Å². The van der Waals surface area contributed by atoms with E-state index in [0.717, 1.165) is 61.7 Å². The molecule has 0 aromatic heterocycles. The third kappa shape index (κ3) is 9.70. The molecular formula is C26H38BrN3O2. The van der Waals surface area contributed by atoms with E-state index in [-0.39, 0.29) is 11.9 Å². The molecule has 1 aliphatic heterocycles. The summed E-state index contributed by atoms with van der Waals surface area (Å²) in [5.74, 6) is -0.0865. The lowest BCUT2D eigenvalue weighted by atomic mass is 10.1. The summed E-state index contributed by atoms with van der Waals surface area (Å²) in [6.45, 7) is 5.79. The highest BCUT2D eigenvalue weighted by atomic mass is 79.9. The van der Waals surface area contributed by atoms with Gasteiger partial charge < -0.3 is 9.80 Å². The number of halogens is 1. The van der Waals surface area contributed by atoms with Gasteiger partial charge in [0.2, 0.25) is 5.91 Å². The second kappa shape index (κ2) is 15.0. The number of carbonyl (C=O) groups is 2. The molecule has 2 aliphatic rings. The number of amides is 3. The van der Waals surface area contributed by atoms with Crippen LogP contribution in [0.1, 0.15) is 51.9 Å². The van der Waals surface area contributed by atoms with Crippen LogP contribution in [-0.2, 0) is 4.79 Å². The number of urea groups is 1. The normalized spacial score (nSPS) is 19.6. The summed E-state index contributed by atoms with van der Waals surface area (Å²) in [5.41, 5.74) is 1.06. The molecule has 0 bridgehead atoms. The highest BCUT2D eigenvalue weighted by molar-refractivity contribution is 9.11. The van der Waals surface area contributed by atoms with E-state index in [9.17, 15) is 9.59 Å². The molecule has 3 amide bonds. The highest BCUT2D eigenvalue weighted by Gasteiger charge is 2.26. The first kappa shape index (κ1) is 26.3. The Kier molecular flexibility index (Phi) is 12.4. The fourth-order valence-corrected chi connectivity index (χ4v) is 4.09. The molecule has 0 aromatic rings. The largest absolute Gasteiger partial charge is 0.327 e. The van der Waals surface area contributed by atoms with E-state index in [1.54, 1.807) is 11.9 Å². The fourth-order valence-electron chi connectivity index (χ4n) is 3.77. The molecule has 0 saturated carbocycles. The van der Waals surface area contributed by atoms with Crippen molar-refractivity contribution in [1.82, 2.24) is 14.7 Å². The molecule has 32 heavy (non-hydrogen) atoms. The fraction of sp³-hybridized carbons (Fsp3) is 0.538. The molecule has 0 atom stereocenters. The van der Waals surface area contributed by atoms with Crippen molar-refractivity contribution >= 4 is 27.9 Å². The SMILES string of the molecule is CC/C=C\C=C/CCCCN1CCCN(C)C(=O)N(CC2=CC=C(Br)C=CC2)C(=O)CC1. The average molecular weight is 505 g/mol. The first-order valence-electron chi connectivity index (χ1n) is 11.8. The summed E-state index contributed by atoms with van der Waals surface area (Å²) < 4.78 is 0.992. The smallest absolute Gasteiger partial charge is 0.326 e. The standard InChI is InChI=1S/C26H38BrN3O2/c1-3-4-5-6-7-8-9-10-19-29-20-12-18-28(2)26(32)30(25(31)17-21-29)22-23-13-11-14-24(27)16-15-23/h4-7,11,14-16H,3,8-10,12-13,17-22H2,1-2H3/b5-4-,7-6-. The highest BCUT2D eigenvalue weighted by Crippen LogP contribution is 2.18. The van der Waals surface area contributed by atoms with Gasteiger partial charge in [-0.25, -0.2) is 4.79 Å². The maximum atomic E-state index is 13.0. The molecule has 2 rings (SSSR count). The number of imide groups is 1. The molecule has 176 valence electrons. The lowest BCUT2D eigenvalue weighted by Crippen LogP contribution is -2.48. The van der Waals surface area contributed by atoms with Crippen LogP contribution in [0.15, 0.2) is 58.7 Å². The van der Waals surface area contributed by atoms with E-state index in [2.05, 4.69) is 58.1 Å². The predicted molar refractivity (Wildman–Crippen MR) is 137 cm³/mol. The van der Waals surface area contributed by atoms with Gasteiger partial charge in [0, 0.05) is 31.0 Å². The average Bonchev–Trinajstić information content (AvgIpc) is 2.99. The minimum Gasteiger partial charge on any atom is -0.327 e. The summed E-state index contributed by atoms with van der Waals surface area (Å²) in [7, 11) is 1.80. The minimum absolute atomic E-state index is 0.0865. The van der Waals surface area contributed by atoms with Crippen LogP contribution in [-0.4, -0.2) is 66.4 Å². The van der Waals surface area contributed by atoms with Crippen LogP contribution in [0, 0.1) is 0 Å². The van der Waals surface area contributed by atoms with E-state index in [1.807, 2.05) is 18.2 Å². The summed E-state index contributed by atoms with van der Waals surface area (Å²) in [5, 5.41) is 0. The molecule has 0 unspecified atom stereocenters. The predicted octanol–water partition coefficient (Wildman–Crippen LogP) is 5.82. The van der Waals surface area contributed by atoms with Crippen LogP contribution in [0.4, 0.5) is 4.79 Å². The van der Waals surface area contributed by atoms with Crippen molar-refractivity contribution in [3.8, 4) is 0 Å². The lowest BCUT2D eigenvalue weighted by molar-refractivity contribution is -0.128. The quantitative estimate of drug-likeness (QED) is 0.294. The molecule has 0 radical (unpaired) electrons. The van der Waals surface area contributed by atoms with Gasteiger partial charge in [-0.05, 0) is 63.3 Å². The maximum Gasteiger partial charge on any atom is 0.326 e. The zero-order valence-corrected chi connectivity index (χ0v) is 21.2. The molecule has 1 fully saturated rings. The van der Waals surface area contributed by atoms with Gasteiger partial charge in [-0.2, -0.15) is 0 Å². The van der Waals surface area contributed by atoms with Crippen molar-refractivity contribution in [3.63, 3.8) is 0 Å². The Balaban J connectivity index is 1.90. The molecule has 1 heterocycles. The minimum atomic E-state index is -0.190. The van der Waals surface area contributed by atoms with Crippen LogP contribution in [0.2, 0.25) is 0 Å². The van der Waals surface area contributed by atoms with Gasteiger partial charge in [0.15, 0.2) is 0 Å². The molecule has 0 N–H and O–H groups in total. The number of hydrogen-bond donors (Lipinski definition) is 0. The van der Waals surface area contributed by atoms with Crippen molar-refractivity contribution in [2.75, 3.05) is 39.8 Å². The Morgan fingerprint density at radius 1 is 1.06 bits per heavy atom. The van der Waals surface area contributed by atoms with Gasteiger partial charge in [-0.3, -0.25) is 9.69 Å². The van der Waals surface area contributed by atoms with Crippen molar-refractivity contribution in [3.05, 3.63) is 58.7 Å². The molecule has 5 nitrogen and oxygen atoms in total. The monoisotopic (exact) mass is 503 g/mol. The van der Waals surface area contributed by atoms with Gasteiger partial charge in [0.1, 0.15) is 0 Å². The first-order chi connectivity index (χ1) is 15.5. The Bertz CT molecular complexity index is 767. The summed E-state index contributed by atoms with van der Waals surface area (Å²) >= 11 is 3.48. The topological polar surface area (TPSA) is 43.9 Å². The Labute approximate surface area is 202 Å². The van der Waals surface area contributed by atoms with Gasteiger partial charge in [-0.15, -0.1) is 0 Å². The molecule has 1 aliphatic carbocycles. The van der Waals surface area contributed by atoms with Gasteiger partial charge in [-0.1, -0.05) is 65.4 Å². The lowest BCUT2D eigenvalue weighted by Gasteiger charge is -2.31. The number of allylic oxidation sites excluding steroid dienone is 9. The van der Waals surface area contributed by atoms with Gasteiger partial charge >= 0.3 is 6.03 Å².